The van der Waals surface area contributed by atoms with E-state index in [0.717, 1.165) is 22.8 Å². The molecule has 0 fully saturated rings. The Morgan fingerprint density at radius 2 is 2.04 bits per heavy atom. The fourth-order valence-corrected chi connectivity index (χ4v) is 4.39. The van der Waals surface area contributed by atoms with Crippen LogP contribution in [0.2, 0.25) is 0 Å². The van der Waals surface area contributed by atoms with Crippen molar-refractivity contribution in [3.8, 4) is 11.3 Å². The minimum absolute atomic E-state index is 0.171. The molecule has 1 aromatic carbocycles. The van der Waals surface area contributed by atoms with Crippen molar-refractivity contribution in [3.05, 3.63) is 51.6 Å². The molecule has 1 N–H and O–H groups in total. The molecule has 0 bridgehead atoms. The Kier molecular flexibility index (Phi) is 5.03. The molecule has 0 aliphatic carbocycles. The lowest BCUT2D eigenvalue weighted by Gasteiger charge is -2.09. The van der Waals surface area contributed by atoms with Gasteiger partial charge in [0.15, 0.2) is 5.76 Å². The molecule has 0 aliphatic rings. The van der Waals surface area contributed by atoms with Gasteiger partial charge in [0.1, 0.15) is 0 Å². The first kappa shape index (κ1) is 17.8. The van der Waals surface area contributed by atoms with Crippen molar-refractivity contribution in [2.24, 2.45) is 0 Å². The van der Waals surface area contributed by atoms with Crippen LogP contribution in [0.1, 0.15) is 28.9 Å². The summed E-state index contributed by atoms with van der Waals surface area (Å²) in [6.07, 6.45) is 0.842. The molecule has 8 heteroatoms. The Hall–Kier alpha value is -2.03. The van der Waals surface area contributed by atoms with E-state index >= 15 is 0 Å². The van der Waals surface area contributed by atoms with Crippen LogP contribution in [0.25, 0.3) is 11.3 Å². The summed E-state index contributed by atoms with van der Waals surface area (Å²) in [6, 6.07) is 6.97. The topological polar surface area (TPSA) is 85.1 Å². The van der Waals surface area contributed by atoms with E-state index in [-0.39, 0.29) is 11.4 Å². The molecule has 0 aliphatic heterocycles. The Morgan fingerprint density at radius 1 is 1.24 bits per heavy atom. The van der Waals surface area contributed by atoms with E-state index in [9.17, 15) is 8.42 Å². The van der Waals surface area contributed by atoms with Crippen molar-refractivity contribution < 1.29 is 12.9 Å². The van der Waals surface area contributed by atoms with Gasteiger partial charge in [0.05, 0.1) is 27.8 Å². The predicted molar refractivity (Wildman–Crippen MR) is 96.9 cm³/mol. The number of nitrogens with one attached hydrogen (secondary N) is 1. The maximum atomic E-state index is 12.7. The zero-order valence-corrected chi connectivity index (χ0v) is 15.9. The van der Waals surface area contributed by atoms with Gasteiger partial charge in [-0.2, -0.15) is 0 Å². The third-order valence-electron chi connectivity index (χ3n) is 3.74. The normalized spacial score (nSPS) is 11.8. The van der Waals surface area contributed by atoms with Gasteiger partial charge in [-0.15, -0.1) is 11.3 Å². The largest absolute Gasteiger partial charge is 0.356 e. The molecule has 0 unspecified atom stereocenters. The van der Waals surface area contributed by atoms with Gasteiger partial charge in [-0.3, -0.25) is 0 Å². The van der Waals surface area contributed by atoms with E-state index in [1.54, 1.807) is 25.1 Å². The zero-order chi connectivity index (χ0) is 18.0. The van der Waals surface area contributed by atoms with Crippen LogP contribution in [-0.2, 0) is 23.0 Å². The van der Waals surface area contributed by atoms with Crippen LogP contribution < -0.4 is 4.72 Å². The molecule has 0 atom stereocenters. The Balaban J connectivity index is 1.85. The number of sulfonamides is 1. The highest BCUT2D eigenvalue weighted by atomic mass is 32.2. The second kappa shape index (κ2) is 7.07. The standard InChI is InChI=1S/C17H19N3O3S2/c1-4-17-19-14(10-24-17)9-18-25(21,22)16-8-13(6-5-11(16)2)15-7-12(3)20-23-15/h5-8,10,18H,4,9H2,1-3H3. The molecule has 2 heterocycles. The summed E-state index contributed by atoms with van der Waals surface area (Å²) in [4.78, 5) is 4.61. The minimum Gasteiger partial charge on any atom is -0.356 e. The highest BCUT2D eigenvalue weighted by molar-refractivity contribution is 7.89. The first-order valence-electron chi connectivity index (χ1n) is 7.86. The lowest BCUT2D eigenvalue weighted by atomic mass is 10.1. The number of hydrogen-bond donors (Lipinski definition) is 1. The van der Waals surface area contributed by atoms with Crippen molar-refractivity contribution in [2.45, 2.75) is 38.6 Å². The lowest BCUT2D eigenvalue weighted by molar-refractivity contribution is 0.427. The van der Waals surface area contributed by atoms with Gasteiger partial charge in [-0.1, -0.05) is 24.2 Å². The van der Waals surface area contributed by atoms with E-state index in [1.807, 2.05) is 25.3 Å². The van der Waals surface area contributed by atoms with Crippen LogP contribution >= 0.6 is 11.3 Å². The smallest absolute Gasteiger partial charge is 0.241 e. The number of rotatable bonds is 6. The maximum absolute atomic E-state index is 12.7. The van der Waals surface area contributed by atoms with Crippen LogP contribution in [0.15, 0.2) is 39.1 Å². The number of hydrogen-bond acceptors (Lipinski definition) is 6. The molecule has 3 rings (SSSR count). The van der Waals surface area contributed by atoms with Gasteiger partial charge < -0.3 is 4.52 Å². The van der Waals surface area contributed by atoms with Crippen molar-refractivity contribution >= 4 is 21.4 Å². The molecule has 0 saturated heterocycles. The van der Waals surface area contributed by atoms with Crippen LogP contribution in [0, 0.1) is 13.8 Å². The minimum atomic E-state index is -3.66. The van der Waals surface area contributed by atoms with E-state index in [1.165, 1.54) is 11.3 Å². The number of thiazole rings is 1. The van der Waals surface area contributed by atoms with Gasteiger partial charge in [-0.05, 0) is 31.9 Å². The zero-order valence-electron chi connectivity index (χ0n) is 14.2. The summed E-state index contributed by atoms with van der Waals surface area (Å²) in [5, 5.41) is 6.72. The van der Waals surface area contributed by atoms with E-state index < -0.39 is 10.0 Å². The summed E-state index contributed by atoms with van der Waals surface area (Å²) in [5.41, 5.74) is 2.81. The van der Waals surface area contributed by atoms with E-state index in [4.69, 9.17) is 4.52 Å². The van der Waals surface area contributed by atoms with Gasteiger partial charge >= 0.3 is 0 Å². The van der Waals surface area contributed by atoms with E-state index in [2.05, 4.69) is 14.9 Å². The summed E-state index contributed by atoms with van der Waals surface area (Å²) in [5.74, 6) is 0.543. The average molecular weight is 377 g/mol. The molecule has 6 nitrogen and oxygen atoms in total. The first-order valence-corrected chi connectivity index (χ1v) is 10.2. The molecule has 3 aromatic rings. The Morgan fingerprint density at radius 3 is 2.68 bits per heavy atom. The SMILES string of the molecule is CCc1nc(CNS(=O)(=O)c2cc(-c3cc(C)no3)ccc2C)cs1. The molecule has 0 saturated carbocycles. The molecule has 0 radical (unpaired) electrons. The first-order chi connectivity index (χ1) is 11.9. The second-order valence-electron chi connectivity index (χ2n) is 5.72. The Bertz CT molecular complexity index is 990. The molecule has 132 valence electrons. The van der Waals surface area contributed by atoms with Crippen LogP contribution in [0.4, 0.5) is 0 Å². The van der Waals surface area contributed by atoms with Crippen LogP contribution in [0.5, 0.6) is 0 Å². The molecule has 0 spiro atoms. The Labute approximate surface area is 151 Å². The number of aromatic nitrogens is 2. The van der Waals surface area contributed by atoms with Gasteiger partial charge in [0.25, 0.3) is 0 Å². The van der Waals surface area contributed by atoms with Crippen LogP contribution in [0.3, 0.4) is 0 Å². The number of nitrogens with zero attached hydrogens (tertiary/aromatic N) is 2. The summed E-state index contributed by atoms with van der Waals surface area (Å²) in [7, 11) is -3.66. The molecule has 25 heavy (non-hydrogen) atoms. The molecule has 0 amide bonds. The molecule has 2 aromatic heterocycles. The number of aryl methyl sites for hydroxylation is 3. The maximum Gasteiger partial charge on any atom is 0.241 e. The molecular formula is C17H19N3O3S2. The third kappa shape index (κ3) is 3.97. The second-order valence-corrected chi connectivity index (χ2v) is 8.40. The van der Waals surface area contributed by atoms with Gasteiger partial charge in [-0.25, -0.2) is 18.1 Å². The fraction of sp³-hybridized carbons (Fsp3) is 0.294. The fourth-order valence-electron chi connectivity index (χ4n) is 2.38. The highest BCUT2D eigenvalue weighted by Crippen LogP contribution is 2.25. The average Bonchev–Trinajstić information content (AvgIpc) is 3.22. The quantitative estimate of drug-likeness (QED) is 0.711. The molecular weight excluding hydrogens is 358 g/mol. The van der Waals surface area contributed by atoms with Crippen molar-refractivity contribution in [1.82, 2.24) is 14.9 Å². The van der Waals surface area contributed by atoms with Gasteiger partial charge in [0.2, 0.25) is 10.0 Å². The van der Waals surface area contributed by atoms with Crippen LogP contribution in [-0.4, -0.2) is 18.6 Å². The van der Waals surface area contributed by atoms with Gasteiger partial charge in [0, 0.05) is 17.0 Å². The summed E-state index contributed by atoms with van der Waals surface area (Å²) in [6.45, 7) is 5.78. The third-order valence-corrected chi connectivity index (χ3v) is 6.32. The van der Waals surface area contributed by atoms with Crippen molar-refractivity contribution in [1.29, 1.82) is 0 Å². The summed E-state index contributed by atoms with van der Waals surface area (Å²) >= 11 is 1.54. The highest BCUT2D eigenvalue weighted by Gasteiger charge is 2.19. The lowest BCUT2D eigenvalue weighted by Crippen LogP contribution is -2.24. The van der Waals surface area contributed by atoms with E-state index in [0.29, 0.717) is 16.9 Å². The van der Waals surface area contributed by atoms with Crippen molar-refractivity contribution in [2.75, 3.05) is 0 Å². The monoisotopic (exact) mass is 377 g/mol. The predicted octanol–water partition coefficient (Wildman–Crippen LogP) is 3.46. The number of benzene rings is 1. The summed E-state index contributed by atoms with van der Waals surface area (Å²) < 4.78 is 33.3. The van der Waals surface area contributed by atoms with Crippen molar-refractivity contribution in [3.63, 3.8) is 0 Å².